The lowest BCUT2D eigenvalue weighted by molar-refractivity contribution is 1.11. The third-order valence-corrected chi connectivity index (χ3v) is 3.52. The van der Waals surface area contributed by atoms with Crippen molar-refractivity contribution >= 4 is 16.8 Å². The van der Waals surface area contributed by atoms with E-state index in [1.807, 2.05) is 6.08 Å². The van der Waals surface area contributed by atoms with Crippen molar-refractivity contribution in [1.82, 2.24) is 0 Å². The van der Waals surface area contributed by atoms with Crippen LogP contribution in [-0.4, -0.2) is 0 Å². The second-order valence-electron chi connectivity index (χ2n) is 4.25. The smallest absolute Gasteiger partial charge is 0.0106 e. The van der Waals surface area contributed by atoms with Gasteiger partial charge in [0.15, 0.2) is 0 Å². The Morgan fingerprint density at radius 2 is 1.69 bits per heavy atom. The molecule has 0 radical (unpaired) electrons. The Balaban J connectivity index is 3.00. The Labute approximate surface area is 97.6 Å². The molecule has 16 heavy (non-hydrogen) atoms. The summed E-state index contributed by atoms with van der Waals surface area (Å²) in [4.78, 5) is 0. The molecule has 0 fully saturated rings. The average molecular weight is 210 g/mol. The van der Waals surface area contributed by atoms with E-state index in [0.29, 0.717) is 0 Å². The minimum Gasteiger partial charge on any atom is -0.0984 e. The minimum absolute atomic E-state index is 1.09. The molecule has 0 spiro atoms. The van der Waals surface area contributed by atoms with Crippen LogP contribution in [0, 0.1) is 13.8 Å². The highest BCUT2D eigenvalue weighted by atomic mass is 14.1. The summed E-state index contributed by atoms with van der Waals surface area (Å²) in [5.41, 5.74) is 5.53. The van der Waals surface area contributed by atoms with Crippen LogP contribution in [0.4, 0.5) is 0 Å². The molecule has 0 aliphatic heterocycles. The Kier molecular flexibility index (Phi) is 2.82. The molecule has 0 heteroatoms. The molecule has 0 aliphatic carbocycles. The second-order valence-corrected chi connectivity index (χ2v) is 4.25. The van der Waals surface area contributed by atoms with Gasteiger partial charge in [-0.1, -0.05) is 43.8 Å². The zero-order valence-electron chi connectivity index (χ0n) is 10.3. The van der Waals surface area contributed by atoms with Gasteiger partial charge in [0.25, 0.3) is 0 Å². The fourth-order valence-corrected chi connectivity index (χ4v) is 2.53. The number of hydrogen-bond donors (Lipinski definition) is 0. The number of aryl methyl sites for hydroxylation is 1. The zero-order chi connectivity index (χ0) is 11.7. The van der Waals surface area contributed by atoms with Crippen molar-refractivity contribution in [2.45, 2.75) is 27.2 Å². The van der Waals surface area contributed by atoms with E-state index in [4.69, 9.17) is 0 Å². The van der Waals surface area contributed by atoms with Gasteiger partial charge in [-0.2, -0.15) is 0 Å². The first-order valence-electron chi connectivity index (χ1n) is 5.83. The summed E-state index contributed by atoms with van der Waals surface area (Å²) >= 11 is 0. The molecule has 0 unspecified atom stereocenters. The molecule has 0 amide bonds. The largest absolute Gasteiger partial charge is 0.0984 e. The summed E-state index contributed by atoms with van der Waals surface area (Å²) in [7, 11) is 0. The van der Waals surface area contributed by atoms with Crippen LogP contribution in [0.5, 0.6) is 0 Å². The van der Waals surface area contributed by atoms with Gasteiger partial charge in [-0.3, -0.25) is 0 Å². The number of rotatable bonds is 2. The maximum absolute atomic E-state index is 3.94. The van der Waals surface area contributed by atoms with Gasteiger partial charge in [0.1, 0.15) is 0 Å². The van der Waals surface area contributed by atoms with Crippen LogP contribution in [0.1, 0.15) is 29.2 Å². The monoisotopic (exact) mass is 210 g/mol. The number of hydrogen-bond acceptors (Lipinski definition) is 0. The second kappa shape index (κ2) is 4.13. The lowest BCUT2D eigenvalue weighted by Crippen LogP contribution is -1.96. The highest BCUT2D eigenvalue weighted by Crippen LogP contribution is 2.30. The van der Waals surface area contributed by atoms with Crippen molar-refractivity contribution < 1.29 is 0 Å². The fourth-order valence-electron chi connectivity index (χ4n) is 2.53. The van der Waals surface area contributed by atoms with Crippen LogP contribution in [0.2, 0.25) is 0 Å². The molecular formula is C16H18. The van der Waals surface area contributed by atoms with Gasteiger partial charge in [-0.15, -0.1) is 0 Å². The molecular weight excluding hydrogens is 192 g/mol. The number of benzene rings is 2. The molecule has 0 heterocycles. The molecule has 0 bridgehead atoms. The Morgan fingerprint density at radius 1 is 1.06 bits per heavy atom. The van der Waals surface area contributed by atoms with Crippen molar-refractivity contribution in [3.8, 4) is 0 Å². The first kappa shape index (κ1) is 10.9. The molecule has 82 valence electrons. The summed E-state index contributed by atoms with van der Waals surface area (Å²) in [6.45, 7) is 10.6. The van der Waals surface area contributed by atoms with Crippen LogP contribution in [0.3, 0.4) is 0 Å². The molecule has 2 aromatic carbocycles. The minimum atomic E-state index is 1.09. The third-order valence-electron chi connectivity index (χ3n) is 3.52. The van der Waals surface area contributed by atoms with Crippen molar-refractivity contribution in [2.75, 3.05) is 0 Å². The van der Waals surface area contributed by atoms with Crippen LogP contribution in [-0.2, 0) is 6.42 Å². The summed E-state index contributed by atoms with van der Waals surface area (Å²) < 4.78 is 0. The molecule has 0 atom stereocenters. The molecule has 0 nitrogen and oxygen atoms in total. The molecule has 2 rings (SSSR count). The third kappa shape index (κ3) is 1.46. The van der Waals surface area contributed by atoms with E-state index in [-0.39, 0.29) is 0 Å². The summed E-state index contributed by atoms with van der Waals surface area (Å²) in [5.74, 6) is 0. The first-order chi connectivity index (χ1) is 7.70. The van der Waals surface area contributed by atoms with E-state index in [0.717, 1.165) is 6.42 Å². The maximum atomic E-state index is 3.94. The molecule has 0 aromatic heterocycles. The van der Waals surface area contributed by atoms with E-state index in [1.165, 1.54) is 33.0 Å². The van der Waals surface area contributed by atoms with Gasteiger partial charge in [-0.25, -0.2) is 0 Å². The van der Waals surface area contributed by atoms with Crippen molar-refractivity contribution in [1.29, 1.82) is 0 Å². The van der Waals surface area contributed by atoms with E-state index >= 15 is 0 Å². The maximum Gasteiger partial charge on any atom is -0.0106 e. The lowest BCUT2D eigenvalue weighted by atomic mass is 9.89. The van der Waals surface area contributed by atoms with Gasteiger partial charge in [-0.05, 0) is 53.3 Å². The van der Waals surface area contributed by atoms with E-state index in [2.05, 4.69) is 51.6 Å². The van der Waals surface area contributed by atoms with Gasteiger partial charge < -0.3 is 0 Å². The fraction of sp³-hybridized carbons (Fsp3) is 0.250. The summed E-state index contributed by atoms with van der Waals surface area (Å²) in [6, 6.07) is 8.62. The van der Waals surface area contributed by atoms with Gasteiger partial charge >= 0.3 is 0 Å². The summed E-state index contributed by atoms with van der Waals surface area (Å²) in [6.07, 6.45) is 3.06. The van der Waals surface area contributed by atoms with E-state index in [9.17, 15) is 0 Å². The van der Waals surface area contributed by atoms with Crippen LogP contribution in [0.25, 0.3) is 16.8 Å². The Bertz CT molecular complexity index is 547. The van der Waals surface area contributed by atoms with Gasteiger partial charge in [0.05, 0.1) is 0 Å². The highest BCUT2D eigenvalue weighted by molar-refractivity contribution is 5.95. The Hall–Kier alpha value is -1.56. The zero-order valence-corrected chi connectivity index (χ0v) is 10.3. The lowest BCUT2D eigenvalue weighted by Gasteiger charge is -2.15. The SMILES string of the molecule is C=Cc1c(C)c(C)c(CC)c2ccccc12. The van der Waals surface area contributed by atoms with Crippen molar-refractivity contribution in [3.05, 3.63) is 53.1 Å². The Morgan fingerprint density at radius 3 is 2.25 bits per heavy atom. The standard InChI is InChI=1S/C16H18/c1-5-13-11(3)12(4)14(6-2)16-10-8-7-9-15(13)16/h5,7-10H,1,6H2,2-4H3. The predicted octanol–water partition coefficient (Wildman–Crippen LogP) is 4.66. The van der Waals surface area contributed by atoms with E-state index in [1.54, 1.807) is 0 Å². The van der Waals surface area contributed by atoms with Crippen molar-refractivity contribution in [2.24, 2.45) is 0 Å². The quantitative estimate of drug-likeness (QED) is 0.676. The van der Waals surface area contributed by atoms with Gasteiger partial charge in [0.2, 0.25) is 0 Å². The number of fused-ring (bicyclic) bond motifs is 1. The predicted molar refractivity (Wildman–Crippen MR) is 72.9 cm³/mol. The van der Waals surface area contributed by atoms with Crippen LogP contribution >= 0.6 is 0 Å². The van der Waals surface area contributed by atoms with Crippen LogP contribution in [0.15, 0.2) is 30.8 Å². The molecule has 0 N–H and O–H groups in total. The van der Waals surface area contributed by atoms with Gasteiger partial charge in [0, 0.05) is 0 Å². The first-order valence-corrected chi connectivity index (χ1v) is 5.83. The molecule has 0 saturated carbocycles. The highest BCUT2D eigenvalue weighted by Gasteiger charge is 2.10. The van der Waals surface area contributed by atoms with Crippen LogP contribution < -0.4 is 0 Å². The average Bonchev–Trinajstić information content (AvgIpc) is 2.31. The molecule has 2 aromatic rings. The van der Waals surface area contributed by atoms with Crippen molar-refractivity contribution in [3.63, 3.8) is 0 Å². The topological polar surface area (TPSA) is 0 Å². The molecule has 0 aliphatic rings. The van der Waals surface area contributed by atoms with E-state index < -0.39 is 0 Å². The molecule has 0 saturated heterocycles. The normalized spacial score (nSPS) is 10.7. The summed E-state index contributed by atoms with van der Waals surface area (Å²) in [5, 5.41) is 2.71.